The molecule has 0 aliphatic heterocycles. The molecule has 1 heterocycles. The van der Waals surface area contributed by atoms with Gasteiger partial charge in [0.2, 0.25) is 0 Å². The Morgan fingerprint density at radius 1 is 1.91 bits per heavy atom. The summed E-state index contributed by atoms with van der Waals surface area (Å²) in [6.07, 6.45) is 1.50. The van der Waals surface area contributed by atoms with Crippen molar-refractivity contribution in [2.75, 3.05) is 5.88 Å². The first-order chi connectivity index (χ1) is 5.20. The molecule has 0 aliphatic carbocycles. The van der Waals surface area contributed by atoms with Crippen LogP contribution in [0, 0.1) is 10.1 Å². The lowest BCUT2D eigenvalue weighted by Gasteiger charge is -1.93. The van der Waals surface area contributed by atoms with E-state index in [0.29, 0.717) is 5.16 Å². The van der Waals surface area contributed by atoms with Crippen molar-refractivity contribution in [2.45, 2.75) is 5.16 Å². The molecule has 0 N–H and O–H groups in total. The molecule has 60 valence electrons. The van der Waals surface area contributed by atoms with Gasteiger partial charge in [-0.2, -0.15) is 0 Å². The van der Waals surface area contributed by atoms with Crippen molar-refractivity contribution in [1.29, 1.82) is 0 Å². The van der Waals surface area contributed by atoms with E-state index in [2.05, 4.69) is 10.2 Å². The zero-order chi connectivity index (χ0) is 8.27. The lowest BCUT2D eigenvalue weighted by molar-refractivity contribution is -0.456. The Kier molecular flexibility index (Phi) is 2.42. The van der Waals surface area contributed by atoms with Crippen molar-refractivity contribution in [1.82, 2.24) is 14.8 Å². The molecule has 1 aromatic rings. The van der Waals surface area contributed by atoms with Crippen molar-refractivity contribution in [3.05, 3.63) is 16.4 Å². The minimum atomic E-state index is -0.403. The highest BCUT2D eigenvalue weighted by molar-refractivity contribution is 7.98. The van der Waals surface area contributed by atoms with Gasteiger partial charge in [-0.05, 0) is 11.8 Å². The largest absolute Gasteiger partial charge is 0.312 e. The zero-order valence-electron chi connectivity index (χ0n) is 5.80. The van der Waals surface area contributed by atoms with Gasteiger partial charge in [-0.25, -0.2) is 0 Å². The topological polar surface area (TPSA) is 73.8 Å². The van der Waals surface area contributed by atoms with Crippen LogP contribution in [-0.2, 0) is 7.05 Å². The summed E-state index contributed by atoms with van der Waals surface area (Å²) in [7, 11) is 1.74. The maximum Gasteiger partial charge on any atom is 0.256 e. The first-order valence-corrected chi connectivity index (χ1v) is 3.77. The number of thioether (sulfide) groups is 1. The Balaban J connectivity index is 2.51. The minimum absolute atomic E-state index is 0.174. The van der Waals surface area contributed by atoms with Crippen molar-refractivity contribution in [3.63, 3.8) is 0 Å². The van der Waals surface area contributed by atoms with E-state index in [0.717, 1.165) is 11.8 Å². The minimum Gasteiger partial charge on any atom is -0.312 e. The highest BCUT2D eigenvalue weighted by atomic mass is 32.2. The van der Waals surface area contributed by atoms with Gasteiger partial charge >= 0.3 is 0 Å². The van der Waals surface area contributed by atoms with Gasteiger partial charge < -0.3 is 4.57 Å². The fourth-order valence-electron chi connectivity index (χ4n) is 0.514. The highest BCUT2D eigenvalue weighted by Crippen LogP contribution is 2.11. The summed E-state index contributed by atoms with van der Waals surface area (Å²) >= 11 is 1.05. The quantitative estimate of drug-likeness (QED) is 0.282. The van der Waals surface area contributed by atoms with Crippen LogP contribution in [0.25, 0.3) is 0 Å². The third-order valence-electron chi connectivity index (χ3n) is 0.969. The maximum absolute atomic E-state index is 9.93. The Hall–Kier alpha value is -1.11. The fourth-order valence-corrected chi connectivity index (χ4v) is 1.09. The molecule has 7 heteroatoms. The number of aromatic nitrogens is 3. The van der Waals surface area contributed by atoms with E-state index in [1.165, 1.54) is 6.33 Å². The molecule has 0 aromatic carbocycles. The molecule has 0 amide bonds. The van der Waals surface area contributed by atoms with E-state index in [9.17, 15) is 10.1 Å². The molecule has 1 aromatic heterocycles. The Morgan fingerprint density at radius 2 is 2.64 bits per heavy atom. The molecular formula is C4H6N4O2S. The van der Waals surface area contributed by atoms with Crippen LogP contribution in [0.15, 0.2) is 11.5 Å². The summed E-state index contributed by atoms with van der Waals surface area (Å²) in [6.45, 7) is 0. The molecule has 0 atom stereocenters. The van der Waals surface area contributed by atoms with Crippen LogP contribution in [0.3, 0.4) is 0 Å². The predicted octanol–water partition coefficient (Wildman–Crippen LogP) is 0.141. The second-order valence-electron chi connectivity index (χ2n) is 1.83. The third kappa shape index (κ3) is 2.19. The third-order valence-corrected chi connectivity index (χ3v) is 1.94. The monoisotopic (exact) mass is 174 g/mol. The fraction of sp³-hybridized carbons (Fsp3) is 0.500. The van der Waals surface area contributed by atoms with Gasteiger partial charge in [-0.3, -0.25) is 10.1 Å². The van der Waals surface area contributed by atoms with E-state index in [4.69, 9.17) is 0 Å². The van der Waals surface area contributed by atoms with Crippen LogP contribution in [0.1, 0.15) is 0 Å². The number of hydrogen-bond acceptors (Lipinski definition) is 5. The average Bonchev–Trinajstić information content (AvgIpc) is 2.31. The molecule has 0 fully saturated rings. The lowest BCUT2D eigenvalue weighted by atomic mass is 11.1. The smallest absolute Gasteiger partial charge is 0.256 e. The molecule has 0 aliphatic rings. The molecule has 11 heavy (non-hydrogen) atoms. The second-order valence-corrected chi connectivity index (χ2v) is 2.74. The van der Waals surface area contributed by atoms with Gasteiger partial charge in [0.05, 0.1) is 0 Å². The first kappa shape index (κ1) is 7.99. The predicted molar refractivity (Wildman–Crippen MR) is 38.7 cm³/mol. The van der Waals surface area contributed by atoms with Crippen LogP contribution in [0.5, 0.6) is 0 Å². The molecule has 1 rings (SSSR count). The van der Waals surface area contributed by atoms with Gasteiger partial charge in [0.25, 0.3) is 5.88 Å². The Labute approximate surface area is 66.8 Å². The molecule has 0 saturated carbocycles. The molecule has 0 spiro atoms. The standard InChI is InChI=1S/C4H6N4O2S/c1-7-2-5-6-4(7)11-3-8(9)10/h2H,3H2,1H3. The summed E-state index contributed by atoms with van der Waals surface area (Å²) in [6, 6.07) is 0. The van der Waals surface area contributed by atoms with Gasteiger partial charge in [0.15, 0.2) is 5.16 Å². The van der Waals surface area contributed by atoms with Crippen molar-refractivity contribution in [3.8, 4) is 0 Å². The van der Waals surface area contributed by atoms with E-state index in [1.807, 2.05) is 0 Å². The van der Waals surface area contributed by atoms with Gasteiger partial charge in [0.1, 0.15) is 6.33 Å². The number of aryl methyl sites for hydroxylation is 1. The zero-order valence-corrected chi connectivity index (χ0v) is 6.61. The number of nitro groups is 1. The summed E-state index contributed by atoms with van der Waals surface area (Å²) in [5.41, 5.74) is 0. The first-order valence-electron chi connectivity index (χ1n) is 2.79. The summed E-state index contributed by atoms with van der Waals surface area (Å²) in [5.74, 6) is -0.174. The van der Waals surface area contributed by atoms with Crippen LogP contribution in [-0.4, -0.2) is 25.6 Å². The SMILES string of the molecule is Cn1cnnc1SC[N+](=O)[O-]. The highest BCUT2D eigenvalue weighted by Gasteiger charge is 2.04. The van der Waals surface area contributed by atoms with E-state index >= 15 is 0 Å². The maximum atomic E-state index is 9.93. The summed E-state index contributed by atoms with van der Waals surface area (Å²) in [5, 5.41) is 17.7. The average molecular weight is 174 g/mol. The summed E-state index contributed by atoms with van der Waals surface area (Å²) < 4.78 is 1.63. The Morgan fingerprint density at radius 3 is 3.09 bits per heavy atom. The molecule has 0 unspecified atom stereocenters. The van der Waals surface area contributed by atoms with Crippen molar-refractivity contribution < 1.29 is 4.92 Å². The molecule has 6 nitrogen and oxygen atoms in total. The second kappa shape index (κ2) is 3.33. The Bertz CT molecular complexity index is 260. The van der Waals surface area contributed by atoms with E-state index in [-0.39, 0.29) is 5.88 Å². The number of nitrogens with zero attached hydrogens (tertiary/aromatic N) is 4. The molecular weight excluding hydrogens is 168 g/mol. The molecule has 0 radical (unpaired) electrons. The van der Waals surface area contributed by atoms with Crippen LogP contribution >= 0.6 is 11.8 Å². The summed E-state index contributed by atoms with van der Waals surface area (Å²) in [4.78, 5) is 9.53. The molecule has 0 bridgehead atoms. The van der Waals surface area contributed by atoms with Gasteiger partial charge in [-0.1, -0.05) is 0 Å². The lowest BCUT2D eigenvalue weighted by Crippen LogP contribution is -1.98. The van der Waals surface area contributed by atoms with Crippen molar-refractivity contribution in [2.24, 2.45) is 7.05 Å². The van der Waals surface area contributed by atoms with E-state index in [1.54, 1.807) is 11.6 Å². The normalized spacial score (nSPS) is 9.91. The molecule has 0 saturated heterocycles. The van der Waals surface area contributed by atoms with Gasteiger partial charge in [-0.15, -0.1) is 10.2 Å². The van der Waals surface area contributed by atoms with Crippen LogP contribution in [0.4, 0.5) is 0 Å². The van der Waals surface area contributed by atoms with E-state index < -0.39 is 4.92 Å². The van der Waals surface area contributed by atoms with Gasteiger partial charge in [0, 0.05) is 12.0 Å². The number of rotatable bonds is 3. The van der Waals surface area contributed by atoms with Crippen LogP contribution < -0.4 is 0 Å². The van der Waals surface area contributed by atoms with Crippen molar-refractivity contribution >= 4 is 11.8 Å². The van der Waals surface area contributed by atoms with Crippen LogP contribution in [0.2, 0.25) is 0 Å². The number of hydrogen-bond donors (Lipinski definition) is 0.